The van der Waals surface area contributed by atoms with Gasteiger partial charge >= 0.3 is 0 Å². The first-order valence-electron chi connectivity index (χ1n) is 5.65. The van der Waals surface area contributed by atoms with Crippen LogP contribution in [-0.4, -0.2) is 41.9 Å². The van der Waals surface area contributed by atoms with Crippen molar-refractivity contribution in [1.29, 1.82) is 0 Å². The molecule has 1 heterocycles. The van der Waals surface area contributed by atoms with Gasteiger partial charge in [0.15, 0.2) is 0 Å². The summed E-state index contributed by atoms with van der Waals surface area (Å²) >= 11 is 3.34. The molecule has 1 saturated heterocycles. The maximum Gasteiger partial charge on any atom is 0.249 e. The van der Waals surface area contributed by atoms with Crippen LogP contribution in [0.4, 0.5) is 0 Å². The van der Waals surface area contributed by atoms with Gasteiger partial charge in [0.1, 0.15) is 12.4 Å². The van der Waals surface area contributed by atoms with E-state index in [1.54, 1.807) is 0 Å². The summed E-state index contributed by atoms with van der Waals surface area (Å²) in [6.07, 6.45) is -0.362. The molecule has 1 aliphatic rings. The summed E-state index contributed by atoms with van der Waals surface area (Å²) in [5.74, 6) is 0.529. The minimum absolute atomic E-state index is 0.179. The Kier molecular flexibility index (Phi) is 4.57. The second kappa shape index (κ2) is 6.17. The first kappa shape index (κ1) is 13.3. The highest BCUT2D eigenvalue weighted by Gasteiger charge is 2.25. The molecule has 1 fully saturated rings. The van der Waals surface area contributed by atoms with E-state index in [-0.39, 0.29) is 32.1 Å². The molecule has 0 saturated carbocycles. The first-order chi connectivity index (χ1) is 8.65. The fraction of sp³-hybridized carbons (Fsp3) is 0.417. The Morgan fingerprint density at radius 2 is 2.44 bits per heavy atom. The molecule has 0 radical (unpaired) electrons. The molecule has 1 N–H and O–H groups in total. The maximum absolute atomic E-state index is 11.6. The van der Waals surface area contributed by atoms with Crippen molar-refractivity contribution in [2.45, 2.75) is 12.5 Å². The topological polar surface area (TPSA) is 59.0 Å². The first-order valence-corrected chi connectivity index (χ1v) is 6.44. The zero-order valence-corrected chi connectivity index (χ0v) is 11.3. The van der Waals surface area contributed by atoms with Gasteiger partial charge in [-0.15, -0.1) is 0 Å². The number of aliphatic hydroxyl groups is 1. The summed E-state index contributed by atoms with van der Waals surface area (Å²) in [6, 6.07) is 7.42. The van der Waals surface area contributed by atoms with E-state index >= 15 is 0 Å². The lowest BCUT2D eigenvalue weighted by Crippen LogP contribution is -2.29. The molecule has 1 aromatic carbocycles. The van der Waals surface area contributed by atoms with E-state index < -0.39 is 6.10 Å². The number of nitrogens with zero attached hydrogens (tertiary/aromatic N) is 1. The number of benzene rings is 1. The van der Waals surface area contributed by atoms with Crippen LogP contribution in [0.3, 0.4) is 0 Å². The van der Waals surface area contributed by atoms with Gasteiger partial charge in [-0.3, -0.25) is 9.63 Å². The van der Waals surface area contributed by atoms with E-state index in [2.05, 4.69) is 15.9 Å². The van der Waals surface area contributed by atoms with Crippen LogP contribution in [0.15, 0.2) is 28.7 Å². The lowest BCUT2D eigenvalue weighted by molar-refractivity contribution is -0.169. The Bertz CT molecular complexity index is 426. The van der Waals surface area contributed by atoms with Gasteiger partial charge in [-0.2, -0.15) is 0 Å². The lowest BCUT2D eigenvalue weighted by Gasteiger charge is -2.13. The molecule has 98 valence electrons. The summed E-state index contributed by atoms with van der Waals surface area (Å²) in [5.41, 5.74) is 0. The standard InChI is InChI=1S/C12H14BrNO4/c13-9-2-1-3-11(6-9)17-5-4-12(16)14-7-10(15)8-18-14/h1-3,6,10,15H,4-5,7-8H2/t10-/m0/s1. The Hall–Kier alpha value is -1.11. The molecule has 1 aliphatic heterocycles. The van der Waals surface area contributed by atoms with Crippen LogP contribution in [0, 0.1) is 0 Å². The molecule has 2 rings (SSSR count). The number of hydrogen-bond donors (Lipinski definition) is 1. The van der Waals surface area contributed by atoms with Crippen LogP contribution in [0.5, 0.6) is 5.75 Å². The van der Waals surface area contributed by atoms with E-state index in [4.69, 9.17) is 9.57 Å². The number of aliphatic hydroxyl groups excluding tert-OH is 1. The highest BCUT2D eigenvalue weighted by molar-refractivity contribution is 9.10. The van der Waals surface area contributed by atoms with E-state index in [9.17, 15) is 9.90 Å². The largest absolute Gasteiger partial charge is 0.493 e. The fourth-order valence-corrected chi connectivity index (χ4v) is 1.96. The smallest absolute Gasteiger partial charge is 0.249 e. The third-order valence-corrected chi connectivity index (χ3v) is 2.95. The van der Waals surface area contributed by atoms with Crippen LogP contribution in [0.25, 0.3) is 0 Å². The molecular formula is C12H14BrNO4. The highest BCUT2D eigenvalue weighted by Crippen LogP contribution is 2.18. The summed E-state index contributed by atoms with van der Waals surface area (Å²) in [7, 11) is 0. The van der Waals surface area contributed by atoms with Gasteiger partial charge in [0.25, 0.3) is 0 Å². The van der Waals surface area contributed by atoms with Crippen molar-refractivity contribution < 1.29 is 19.5 Å². The van der Waals surface area contributed by atoms with Crippen LogP contribution >= 0.6 is 15.9 Å². The Morgan fingerprint density at radius 1 is 1.61 bits per heavy atom. The molecule has 1 aromatic rings. The minimum atomic E-state index is -0.583. The maximum atomic E-state index is 11.6. The van der Waals surface area contributed by atoms with Crippen molar-refractivity contribution in [3.05, 3.63) is 28.7 Å². The number of hydroxylamine groups is 2. The summed E-state index contributed by atoms with van der Waals surface area (Å²) in [4.78, 5) is 16.7. The summed E-state index contributed by atoms with van der Waals surface area (Å²) in [6.45, 7) is 0.694. The molecule has 0 aromatic heterocycles. The monoisotopic (exact) mass is 315 g/mol. The average Bonchev–Trinajstić information content (AvgIpc) is 2.76. The van der Waals surface area contributed by atoms with Crippen molar-refractivity contribution in [2.75, 3.05) is 19.8 Å². The quantitative estimate of drug-likeness (QED) is 0.911. The number of carbonyl (C=O) groups is 1. The highest BCUT2D eigenvalue weighted by atomic mass is 79.9. The minimum Gasteiger partial charge on any atom is -0.493 e. The van der Waals surface area contributed by atoms with Crippen LogP contribution in [0.1, 0.15) is 6.42 Å². The summed E-state index contributed by atoms with van der Waals surface area (Å²) < 4.78 is 6.38. The number of hydrogen-bond acceptors (Lipinski definition) is 4. The number of carbonyl (C=O) groups excluding carboxylic acids is 1. The Morgan fingerprint density at radius 3 is 3.11 bits per heavy atom. The van der Waals surface area contributed by atoms with Gasteiger partial charge in [-0.25, -0.2) is 5.06 Å². The van der Waals surface area contributed by atoms with E-state index in [1.807, 2.05) is 24.3 Å². The van der Waals surface area contributed by atoms with Crippen molar-refractivity contribution in [1.82, 2.24) is 5.06 Å². The van der Waals surface area contributed by atoms with E-state index in [0.29, 0.717) is 5.75 Å². The molecule has 18 heavy (non-hydrogen) atoms. The van der Waals surface area contributed by atoms with Gasteiger partial charge in [0.2, 0.25) is 5.91 Å². The molecular weight excluding hydrogens is 302 g/mol. The normalized spacial score (nSPS) is 19.0. The second-order valence-electron chi connectivity index (χ2n) is 3.96. The third-order valence-electron chi connectivity index (χ3n) is 2.46. The number of rotatable bonds is 4. The molecule has 1 amide bonds. The van der Waals surface area contributed by atoms with E-state index in [1.165, 1.54) is 5.06 Å². The van der Waals surface area contributed by atoms with Gasteiger partial charge in [-0.1, -0.05) is 22.0 Å². The molecule has 0 bridgehead atoms. The van der Waals surface area contributed by atoms with Crippen molar-refractivity contribution >= 4 is 21.8 Å². The van der Waals surface area contributed by atoms with Crippen LogP contribution in [-0.2, 0) is 9.63 Å². The second-order valence-corrected chi connectivity index (χ2v) is 4.88. The number of ether oxygens (including phenoxy) is 1. The van der Waals surface area contributed by atoms with Gasteiger partial charge < -0.3 is 9.84 Å². The fourth-order valence-electron chi connectivity index (χ4n) is 1.58. The van der Waals surface area contributed by atoms with Crippen molar-refractivity contribution in [3.63, 3.8) is 0 Å². The van der Waals surface area contributed by atoms with Gasteiger partial charge in [-0.05, 0) is 18.2 Å². The zero-order chi connectivity index (χ0) is 13.0. The van der Waals surface area contributed by atoms with Crippen molar-refractivity contribution in [2.24, 2.45) is 0 Å². The molecule has 6 heteroatoms. The number of halogens is 1. The van der Waals surface area contributed by atoms with Gasteiger partial charge in [0.05, 0.1) is 25.7 Å². The third kappa shape index (κ3) is 3.69. The predicted molar refractivity (Wildman–Crippen MR) is 67.9 cm³/mol. The van der Waals surface area contributed by atoms with Crippen molar-refractivity contribution in [3.8, 4) is 5.75 Å². The predicted octanol–water partition coefficient (Wildman–Crippen LogP) is 1.35. The van der Waals surface area contributed by atoms with Crippen LogP contribution < -0.4 is 4.74 Å². The Balaban J connectivity index is 1.73. The molecule has 0 aliphatic carbocycles. The van der Waals surface area contributed by atoms with Gasteiger partial charge in [0, 0.05) is 4.47 Å². The Labute approximate surface area is 113 Å². The lowest BCUT2D eigenvalue weighted by atomic mass is 10.3. The molecule has 1 atom stereocenters. The molecule has 0 unspecified atom stereocenters. The molecule has 0 spiro atoms. The zero-order valence-electron chi connectivity index (χ0n) is 9.71. The molecule has 5 nitrogen and oxygen atoms in total. The van der Waals surface area contributed by atoms with Crippen LogP contribution in [0.2, 0.25) is 0 Å². The SMILES string of the molecule is O=C(CCOc1cccc(Br)c1)N1C[C@H](O)CO1. The summed E-state index contributed by atoms with van der Waals surface area (Å²) in [5, 5.41) is 10.4. The number of amides is 1. The van der Waals surface area contributed by atoms with E-state index in [0.717, 1.165) is 4.47 Å². The number of β-amino-alcohol motifs (C(OH)–C–C–N with tert-alkyl or cyclic N) is 1. The average molecular weight is 316 g/mol.